The third-order valence-electron chi connectivity index (χ3n) is 5.22. The summed E-state index contributed by atoms with van der Waals surface area (Å²) in [4.78, 5) is 11.4. The van der Waals surface area contributed by atoms with Crippen molar-refractivity contribution in [2.75, 3.05) is 5.32 Å². The highest BCUT2D eigenvalue weighted by atomic mass is 16.3. The summed E-state index contributed by atoms with van der Waals surface area (Å²) in [6, 6.07) is 6.02. The fraction of sp³-hybridized carbons (Fsp3) is 0.588. The minimum Gasteiger partial charge on any atom is -0.388 e. The third kappa shape index (κ3) is 2.24. The fourth-order valence-corrected chi connectivity index (χ4v) is 3.83. The van der Waals surface area contributed by atoms with Crippen LogP contribution >= 0.6 is 0 Å². The topological polar surface area (TPSA) is 49.3 Å². The highest BCUT2D eigenvalue weighted by molar-refractivity contribution is 5.93. The zero-order valence-corrected chi connectivity index (χ0v) is 12.1. The molecule has 0 spiro atoms. The second kappa shape index (κ2) is 5.21. The molecule has 0 bridgehead atoms. The van der Waals surface area contributed by atoms with Gasteiger partial charge in [-0.25, -0.2) is 0 Å². The van der Waals surface area contributed by atoms with Gasteiger partial charge in [-0.2, -0.15) is 0 Å². The minimum atomic E-state index is -0.377. The van der Waals surface area contributed by atoms with Crippen LogP contribution in [0, 0.1) is 5.41 Å². The number of aliphatic hydroxyl groups is 1. The number of fused-ring (bicyclic) bond motifs is 1. The van der Waals surface area contributed by atoms with Crippen molar-refractivity contribution >= 4 is 11.6 Å². The van der Waals surface area contributed by atoms with Crippen molar-refractivity contribution in [1.29, 1.82) is 0 Å². The molecule has 1 aliphatic heterocycles. The lowest BCUT2D eigenvalue weighted by atomic mass is 9.75. The van der Waals surface area contributed by atoms with Crippen LogP contribution in [-0.4, -0.2) is 11.0 Å². The molecular formula is C17H23NO2. The first-order chi connectivity index (χ1) is 9.64. The van der Waals surface area contributed by atoms with E-state index in [2.05, 4.69) is 18.3 Å². The summed E-state index contributed by atoms with van der Waals surface area (Å²) in [5.41, 5.74) is 3.15. The van der Waals surface area contributed by atoms with E-state index in [1.165, 1.54) is 12.8 Å². The number of amides is 1. The van der Waals surface area contributed by atoms with Crippen LogP contribution < -0.4 is 5.32 Å². The molecular weight excluding hydrogens is 250 g/mol. The van der Waals surface area contributed by atoms with Crippen molar-refractivity contribution in [2.45, 2.75) is 58.0 Å². The number of carbonyl (C=O) groups excluding carboxylic acids is 1. The zero-order valence-electron chi connectivity index (χ0n) is 12.1. The molecule has 2 N–H and O–H groups in total. The Hall–Kier alpha value is -1.35. The van der Waals surface area contributed by atoms with Gasteiger partial charge in [-0.1, -0.05) is 31.9 Å². The van der Waals surface area contributed by atoms with Gasteiger partial charge in [-0.3, -0.25) is 4.79 Å². The van der Waals surface area contributed by atoms with Gasteiger partial charge in [0.15, 0.2) is 0 Å². The Morgan fingerprint density at radius 2 is 2.05 bits per heavy atom. The predicted octanol–water partition coefficient (Wildman–Crippen LogP) is 3.58. The third-order valence-corrected chi connectivity index (χ3v) is 5.22. The molecule has 1 aromatic carbocycles. The lowest BCUT2D eigenvalue weighted by Gasteiger charge is -2.34. The second-order valence-corrected chi connectivity index (χ2v) is 6.29. The summed E-state index contributed by atoms with van der Waals surface area (Å²) in [5, 5.41) is 13.7. The van der Waals surface area contributed by atoms with Crippen molar-refractivity contribution in [3.8, 4) is 0 Å². The molecule has 1 unspecified atom stereocenters. The molecule has 1 atom stereocenters. The molecule has 108 valence electrons. The number of anilines is 1. The summed E-state index contributed by atoms with van der Waals surface area (Å²) in [7, 11) is 0. The van der Waals surface area contributed by atoms with Gasteiger partial charge in [0.1, 0.15) is 0 Å². The van der Waals surface area contributed by atoms with E-state index in [0.717, 1.165) is 42.5 Å². The quantitative estimate of drug-likeness (QED) is 0.884. The molecule has 1 aromatic rings. The first-order valence-electron chi connectivity index (χ1n) is 7.75. The molecule has 3 heteroatoms. The number of nitrogens with one attached hydrogen (secondary N) is 1. The highest BCUT2D eigenvalue weighted by Crippen LogP contribution is 2.50. The maximum atomic E-state index is 11.4. The first-order valence-corrected chi connectivity index (χ1v) is 7.75. The van der Waals surface area contributed by atoms with E-state index in [9.17, 15) is 9.90 Å². The van der Waals surface area contributed by atoms with Crippen LogP contribution in [0.15, 0.2) is 18.2 Å². The van der Waals surface area contributed by atoms with Crippen LogP contribution in [0.3, 0.4) is 0 Å². The average Bonchev–Trinajstić information content (AvgIpc) is 2.96. The Morgan fingerprint density at radius 3 is 2.75 bits per heavy atom. The Bertz CT molecular complexity index is 518. The Balaban J connectivity index is 1.89. The van der Waals surface area contributed by atoms with Gasteiger partial charge in [0, 0.05) is 17.5 Å². The largest absolute Gasteiger partial charge is 0.388 e. The van der Waals surface area contributed by atoms with Crippen LogP contribution in [0.2, 0.25) is 0 Å². The van der Waals surface area contributed by atoms with Crippen molar-refractivity contribution in [3.63, 3.8) is 0 Å². The van der Waals surface area contributed by atoms with E-state index in [1.54, 1.807) is 0 Å². The van der Waals surface area contributed by atoms with E-state index < -0.39 is 0 Å². The van der Waals surface area contributed by atoms with Gasteiger partial charge in [-0.05, 0) is 42.9 Å². The molecule has 20 heavy (non-hydrogen) atoms. The number of benzene rings is 1. The number of carbonyl (C=O) groups is 1. The Morgan fingerprint density at radius 1 is 1.30 bits per heavy atom. The van der Waals surface area contributed by atoms with Gasteiger partial charge in [0.2, 0.25) is 5.91 Å². The standard InChI is InChI=1S/C17H23NO2/c1-2-17(9-3-4-10-17)16(20)13-5-7-14-12(11-13)6-8-15(19)18-14/h5,7,11,16,20H,2-4,6,8-10H2,1H3,(H,18,19). The van der Waals surface area contributed by atoms with Crippen LogP contribution in [0.5, 0.6) is 0 Å². The predicted molar refractivity (Wildman–Crippen MR) is 79.5 cm³/mol. The Labute approximate surface area is 120 Å². The van der Waals surface area contributed by atoms with Crippen LogP contribution in [-0.2, 0) is 11.2 Å². The highest BCUT2D eigenvalue weighted by Gasteiger charge is 2.39. The summed E-state index contributed by atoms with van der Waals surface area (Å²) in [5.74, 6) is 0.0895. The van der Waals surface area contributed by atoms with Crippen molar-refractivity contribution < 1.29 is 9.90 Å². The van der Waals surface area contributed by atoms with Crippen LogP contribution in [0.1, 0.15) is 62.7 Å². The van der Waals surface area contributed by atoms with Gasteiger partial charge in [-0.15, -0.1) is 0 Å². The molecule has 0 aromatic heterocycles. The molecule has 1 aliphatic carbocycles. The SMILES string of the molecule is CCC1(C(O)c2ccc3c(c2)CCC(=O)N3)CCCC1. The smallest absolute Gasteiger partial charge is 0.224 e. The average molecular weight is 273 g/mol. The lowest BCUT2D eigenvalue weighted by Crippen LogP contribution is -2.25. The Kier molecular flexibility index (Phi) is 3.55. The number of hydrogen-bond donors (Lipinski definition) is 2. The molecule has 2 aliphatic rings. The van der Waals surface area contributed by atoms with E-state index in [1.807, 2.05) is 12.1 Å². The maximum Gasteiger partial charge on any atom is 0.224 e. The van der Waals surface area contributed by atoms with Gasteiger partial charge >= 0.3 is 0 Å². The first kappa shape index (κ1) is 13.6. The summed E-state index contributed by atoms with van der Waals surface area (Å²) < 4.78 is 0. The summed E-state index contributed by atoms with van der Waals surface area (Å²) >= 11 is 0. The minimum absolute atomic E-state index is 0.0617. The molecule has 1 saturated carbocycles. The number of aliphatic hydroxyl groups excluding tert-OH is 1. The molecule has 3 rings (SSSR count). The number of aryl methyl sites for hydroxylation is 1. The van der Waals surface area contributed by atoms with E-state index >= 15 is 0 Å². The number of rotatable bonds is 3. The maximum absolute atomic E-state index is 11.4. The number of hydrogen-bond acceptors (Lipinski definition) is 2. The van der Waals surface area contributed by atoms with Gasteiger partial charge in [0.05, 0.1) is 6.10 Å². The normalized spacial score (nSPS) is 22.2. The van der Waals surface area contributed by atoms with Crippen molar-refractivity contribution in [2.24, 2.45) is 5.41 Å². The molecule has 1 amide bonds. The van der Waals surface area contributed by atoms with E-state index in [4.69, 9.17) is 0 Å². The van der Waals surface area contributed by atoms with Crippen molar-refractivity contribution in [3.05, 3.63) is 29.3 Å². The molecule has 0 radical (unpaired) electrons. The van der Waals surface area contributed by atoms with E-state index in [-0.39, 0.29) is 17.4 Å². The molecule has 1 fully saturated rings. The molecule has 0 saturated heterocycles. The van der Waals surface area contributed by atoms with Gasteiger partial charge < -0.3 is 10.4 Å². The van der Waals surface area contributed by atoms with Gasteiger partial charge in [0.25, 0.3) is 0 Å². The molecule has 3 nitrogen and oxygen atoms in total. The van der Waals surface area contributed by atoms with Crippen molar-refractivity contribution in [1.82, 2.24) is 0 Å². The van der Waals surface area contributed by atoms with E-state index in [0.29, 0.717) is 6.42 Å². The zero-order chi connectivity index (χ0) is 14.2. The summed E-state index contributed by atoms with van der Waals surface area (Å²) in [6.45, 7) is 2.19. The summed E-state index contributed by atoms with van der Waals surface area (Å²) in [6.07, 6.45) is 6.68. The van der Waals surface area contributed by atoms with Crippen LogP contribution in [0.25, 0.3) is 0 Å². The molecule has 1 heterocycles. The monoisotopic (exact) mass is 273 g/mol. The second-order valence-electron chi connectivity index (χ2n) is 6.29. The lowest BCUT2D eigenvalue weighted by molar-refractivity contribution is -0.116. The van der Waals surface area contributed by atoms with Crippen LogP contribution in [0.4, 0.5) is 5.69 Å². The fourth-order valence-electron chi connectivity index (χ4n) is 3.83.